The van der Waals surface area contributed by atoms with E-state index < -0.39 is 0 Å². The van der Waals surface area contributed by atoms with Crippen LogP contribution >= 0.6 is 0 Å². The van der Waals surface area contributed by atoms with Gasteiger partial charge in [0.2, 0.25) is 5.91 Å². The Labute approximate surface area is 113 Å². The summed E-state index contributed by atoms with van der Waals surface area (Å²) in [4.78, 5) is 14.6. The molecule has 1 N–H and O–H groups in total. The second kappa shape index (κ2) is 5.21. The fourth-order valence-corrected chi connectivity index (χ4v) is 3.10. The minimum atomic E-state index is -0.197. The number of nitrogens with zero attached hydrogens (tertiary/aromatic N) is 1. The number of benzene rings is 1. The van der Waals surface area contributed by atoms with Gasteiger partial charge in [-0.15, -0.1) is 0 Å². The molecule has 2 heterocycles. The van der Waals surface area contributed by atoms with Gasteiger partial charge in [0, 0.05) is 25.2 Å². The van der Waals surface area contributed by atoms with Crippen molar-refractivity contribution in [2.24, 2.45) is 0 Å². The van der Waals surface area contributed by atoms with E-state index in [1.807, 2.05) is 23.1 Å². The van der Waals surface area contributed by atoms with Crippen molar-refractivity contribution in [3.8, 4) is 5.75 Å². The second-order valence-electron chi connectivity index (χ2n) is 5.20. The Morgan fingerprint density at radius 3 is 2.89 bits per heavy atom. The number of hydrogen-bond donors (Lipinski definition) is 1. The van der Waals surface area contributed by atoms with Crippen molar-refractivity contribution in [1.29, 1.82) is 0 Å². The Kier molecular flexibility index (Phi) is 3.42. The predicted octanol–water partition coefficient (Wildman–Crippen LogP) is 1.50. The maximum absolute atomic E-state index is 12.6. The van der Waals surface area contributed by atoms with Gasteiger partial charge >= 0.3 is 0 Å². The van der Waals surface area contributed by atoms with Crippen LogP contribution in [0.5, 0.6) is 5.75 Å². The van der Waals surface area contributed by atoms with E-state index in [1.165, 1.54) is 5.56 Å². The highest BCUT2D eigenvalue weighted by Crippen LogP contribution is 2.31. The zero-order valence-electron chi connectivity index (χ0n) is 11.3. The SMILES string of the molecule is COc1cccc2c1CCNC2C(=O)N1CCCC1. The van der Waals surface area contributed by atoms with Gasteiger partial charge in [-0.05, 0) is 30.9 Å². The van der Waals surface area contributed by atoms with Crippen LogP contribution in [-0.4, -0.2) is 37.6 Å². The first kappa shape index (κ1) is 12.5. The fraction of sp³-hybridized carbons (Fsp3) is 0.533. The molecule has 4 heteroatoms. The van der Waals surface area contributed by atoms with E-state index in [4.69, 9.17) is 4.74 Å². The van der Waals surface area contributed by atoms with Crippen LogP contribution in [0.25, 0.3) is 0 Å². The average Bonchev–Trinajstić information content (AvgIpc) is 2.99. The molecule has 1 atom stereocenters. The van der Waals surface area contributed by atoms with E-state index >= 15 is 0 Å². The molecule has 1 aromatic rings. The van der Waals surface area contributed by atoms with Gasteiger partial charge in [-0.2, -0.15) is 0 Å². The zero-order chi connectivity index (χ0) is 13.2. The molecule has 102 valence electrons. The van der Waals surface area contributed by atoms with Crippen molar-refractivity contribution in [2.45, 2.75) is 25.3 Å². The number of nitrogens with one attached hydrogen (secondary N) is 1. The second-order valence-corrected chi connectivity index (χ2v) is 5.20. The van der Waals surface area contributed by atoms with Gasteiger partial charge in [0.05, 0.1) is 7.11 Å². The smallest absolute Gasteiger partial charge is 0.244 e. The molecule has 1 aromatic carbocycles. The monoisotopic (exact) mass is 260 g/mol. The van der Waals surface area contributed by atoms with Crippen molar-refractivity contribution >= 4 is 5.91 Å². The van der Waals surface area contributed by atoms with Crippen LogP contribution in [0, 0.1) is 0 Å². The minimum absolute atomic E-state index is 0.197. The summed E-state index contributed by atoms with van der Waals surface area (Å²) >= 11 is 0. The molecule has 0 spiro atoms. The van der Waals surface area contributed by atoms with Crippen molar-refractivity contribution in [2.75, 3.05) is 26.7 Å². The molecule has 0 bridgehead atoms. The highest BCUT2D eigenvalue weighted by Gasteiger charge is 2.31. The number of ether oxygens (including phenoxy) is 1. The van der Waals surface area contributed by atoms with Crippen molar-refractivity contribution < 1.29 is 9.53 Å². The van der Waals surface area contributed by atoms with Gasteiger partial charge in [-0.3, -0.25) is 4.79 Å². The summed E-state index contributed by atoms with van der Waals surface area (Å²) in [5.41, 5.74) is 2.27. The molecule has 2 aliphatic rings. The summed E-state index contributed by atoms with van der Waals surface area (Å²) in [5.74, 6) is 1.12. The molecule has 19 heavy (non-hydrogen) atoms. The molecule has 0 saturated carbocycles. The molecule has 1 unspecified atom stereocenters. The lowest BCUT2D eigenvalue weighted by Gasteiger charge is -2.30. The van der Waals surface area contributed by atoms with Crippen LogP contribution in [0.2, 0.25) is 0 Å². The Bertz CT molecular complexity index is 481. The third kappa shape index (κ3) is 2.21. The van der Waals surface area contributed by atoms with Crippen LogP contribution in [-0.2, 0) is 11.2 Å². The molecule has 0 radical (unpaired) electrons. The number of hydrogen-bond acceptors (Lipinski definition) is 3. The van der Waals surface area contributed by atoms with Crippen molar-refractivity contribution in [3.05, 3.63) is 29.3 Å². The Balaban J connectivity index is 1.91. The third-order valence-electron chi connectivity index (χ3n) is 4.09. The molecule has 0 aliphatic carbocycles. The van der Waals surface area contributed by atoms with Crippen LogP contribution in [0.1, 0.15) is 30.0 Å². The lowest BCUT2D eigenvalue weighted by atomic mass is 9.92. The summed E-state index contributed by atoms with van der Waals surface area (Å²) in [7, 11) is 1.69. The minimum Gasteiger partial charge on any atom is -0.496 e. The van der Waals surface area contributed by atoms with Crippen LogP contribution in [0.15, 0.2) is 18.2 Å². The normalized spacial score (nSPS) is 22.2. The number of carbonyl (C=O) groups excluding carboxylic acids is 1. The van der Waals surface area contributed by atoms with E-state index in [0.717, 1.165) is 50.2 Å². The Hall–Kier alpha value is -1.55. The van der Waals surface area contributed by atoms with Crippen molar-refractivity contribution in [1.82, 2.24) is 10.2 Å². The van der Waals surface area contributed by atoms with Crippen molar-refractivity contribution in [3.63, 3.8) is 0 Å². The highest BCUT2D eigenvalue weighted by atomic mass is 16.5. The molecule has 1 fully saturated rings. The molecule has 4 nitrogen and oxygen atoms in total. The first-order chi connectivity index (χ1) is 9.31. The number of carbonyl (C=O) groups is 1. The van der Waals surface area contributed by atoms with E-state index in [2.05, 4.69) is 5.32 Å². The lowest BCUT2D eigenvalue weighted by Crippen LogP contribution is -2.42. The van der Waals surface area contributed by atoms with Gasteiger partial charge < -0.3 is 15.0 Å². The van der Waals surface area contributed by atoms with Gasteiger partial charge in [-0.25, -0.2) is 0 Å². The van der Waals surface area contributed by atoms with E-state index in [9.17, 15) is 4.79 Å². The molecular formula is C15H20N2O2. The van der Waals surface area contributed by atoms with E-state index in [1.54, 1.807) is 7.11 Å². The predicted molar refractivity (Wildman–Crippen MR) is 73.3 cm³/mol. The van der Waals surface area contributed by atoms with Gasteiger partial charge in [0.1, 0.15) is 11.8 Å². The molecule has 2 aliphatic heterocycles. The fourth-order valence-electron chi connectivity index (χ4n) is 3.10. The highest BCUT2D eigenvalue weighted by molar-refractivity contribution is 5.84. The first-order valence-electron chi connectivity index (χ1n) is 6.99. The number of likely N-dealkylation sites (tertiary alicyclic amines) is 1. The van der Waals surface area contributed by atoms with Crippen LogP contribution in [0.4, 0.5) is 0 Å². The van der Waals surface area contributed by atoms with Crippen LogP contribution in [0.3, 0.4) is 0 Å². The summed E-state index contributed by atoms with van der Waals surface area (Å²) in [6, 6.07) is 5.79. The molecular weight excluding hydrogens is 240 g/mol. The molecule has 0 aromatic heterocycles. The summed E-state index contributed by atoms with van der Waals surface area (Å²) in [6.45, 7) is 2.63. The Morgan fingerprint density at radius 2 is 2.16 bits per heavy atom. The summed E-state index contributed by atoms with van der Waals surface area (Å²) in [6.07, 6.45) is 3.18. The largest absolute Gasteiger partial charge is 0.496 e. The first-order valence-corrected chi connectivity index (χ1v) is 6.99. The maximum atomic E-state index is 12.6. The van der Waals surface area contributed by atoms with Crippen LogP contribution < -0.4 is 10.1 Å². The number of methoxy groups -OCH3 is 1. The number of amides is 1. The van der Waals surface area contributed by atoms with Gasteiger partial charge in [0.15, 0.2) is 0 Å². The molecule has 1 amide bonds. The molecule has 1 saturated heterocycles. The topological polar surface area (TPSA) is 41.6 Å². The van der Waals surface area contributed by atoms with Gasteiger partial charge in [-0.1, -0.05) is 12.1 Å². The van der Waals surface area contributed by atoms with Gasteiger partial charge in [0.25, 0.3) is 0 Å². The third-order valence-corrected chi connectivity index (χ3v) is 4.09. The van der Waals surface area contributed by atoms with E-state index in [-0.39, 0.29) is 11.9 Å². The maximum Gasteiger partial charge on any atom is 0.244 e. The average molecular weight is 260 g/mol. The number of rotatable bonds is 2. The standard InChI is InChI=1S/C15H20N2O2/c1-19-13-6-4-5-12-11(13)7-8-16-14(12)15(18)17-9-2-3-10-17/h4-6,14,16H,2-3,7-10H2,1H3. The summed E-state index contributed by atoms with van der Waals surface area (Å²) in [5, 5.41) is 3.36. The number of fused-ring (bicyclic) bond motifs is 1. The van der Waals surface area contributed by atoms with E-state index in [0.29, 0.717) is 0 Å². The zero-order valence-corrected chi connectivity index (χ0v) is 11.3. The Morgan fingerprint density at radius 1 is 1.37 bits per heavy atom. The lowest BCUT2D eigenvalue weighted by molar-refractivity contribution is -0.132. The molecule has 3 rings (SSSR count). The summed E-state index contributed by atoms with van der Waals surface area (Å²) < 4.78 is 5.41. The quantitative estimate of drug-likeness (QED) is 0.876.